The summed E-state index contributed by atoms with van der Waals surface area (Å²) in [5.74, 6) is 0.895. The van der Waals surface area contributed by atoms with Crippen LogP contribution in [0.1, 0.15) is 57.2 Å². The Balaban J connectivity index is 1.91. The molecular formula is C22H27BrN2O2. The van der Waals surface area contributed by atoms with E-state index in [0.717, 1.165) is 15.6 Å². The van der Waals surface area contributed by atoms with Crippen LogP contribution in [0.15, 0.2) is 52.0 Å². The molecule has 2 aromatic rings. The topological polar surface area (TPSA) is 50.7 Å². The number of carbonyl (C=O) groups excluding carboxylic acids is 1. The van der Waals surface area contributed by atoms with Gasteiger partial charge in [-0.15, -0.1) is 0 Å². The third-order valence-electron chi connectivity index (χ3n) is 4.11. The first kappa shape index (κ1) is 21.2. The molecule has 1 amide bonds. The number of halogens is 1. The van der Waals surface area contributed by atoms with Gasteiger partial charge in [0.1, 0.15) is 5.75 Å². The van der Waals surface area contributed by atoms with Crippen molar-refractivity contribution in [3.63, 3.8) is 0 Å². The highest BCUT2D eigenvalue weighted by Crippen LogP contribution is 2.33. The Kier molecular flexibility index (Phi) is 7.19. The summed E-state index contributed by atoms with van der Waals surface area (Å²) in [5.41, 5.74) is 5.66. The van der Waals surface area contributed by atoms with Gasteiger partial charge in [-0.25, -0.2) is 5.43 Å². The van der Waals surface area contributed by atoms with Crippen LogP contribution in [0.5, 0.6) is 5.75 Å². The molecular weight excluding hydrogens is 404 g/mol. The van der Waals surface area contributed by atoms with Gasteiger partial charge in [0.15, 0.2) is 6.61 Å². The van der Waals surface area contributed by atoms with Gasteiger partial charge < -0.3 is 4.74 Å². The lowest BCUT2D eigenvalue weighted by molar-refractivity contribution is -0.123. The lowest BCUT2D eigenvalue weighted by Gasteiger charge is -2.23. The van der Waals surface area contributed by atoms with Gasteiger partial charge in [-0.3, -0.25) is 4.79 Å². The van der Waals surface area contributed by atoms with Crippen molar-refractivity contribution in [1.82, 2.24) is 5.43 Å². The molecule has 0 atom stereocenters. The average Bonchev–Trinajstić information content (AvgIpc) is 2.60. The van der Waals surface area contributed by atoms with E-state index < -0.39 is 0 Å². The van der Waals surface area contributed by atoms with E-state index in [1.54, 1.807) is 6.21 Å². The number of ether oxygens (including phenoxy) is 1. The van der Waals surface area contributed by atoms with Gasteiger partial charge >= 0.3 is 0 Å². The minimum Gasteiger partial charge on any atom is -0.483 e. The van der Waals surface area contributed by atoms with Gasteiger partial charge in [-0.1, -0.05) is 74.8 Å². The van der Waals surface area contributed by atoms with E-state index in [1.807, 2.05) is 30.3 Å². The number of benzene rings is 2. The molecule has 0 aliphatic heterocycles. The second-order valence-corrected chi connectivity index (χ2v) is 8.71. The monoisotopic (exact) mass is 430 g/mol. The molecule has 0 heterocycles. The molecule has 0 saturated carbocycles. The molecule has 4 nitrogen and oxygen atoms in total. The minimum atomic E-state index is -0.298. The molecule has 5 heteroatoms. The fourth-order valence-electron chi connectivity index (χ4n) is 2.54. The van der Waals surface area contributed by atoms with Crippen molar-refractivity contribution >= 4 is 28.1 Å². The first-order chi connectivity index (χ1) is 12.7. The first-order valence-electron chi connectivity index (χ1n) is 9.01. The van der Waals surface area contributed by atoms with Crippen LogP contribution in [-0.2, 0) is 10.2 Å². The first-order valence-corrected chi connectivity index (χ1v) is 9.81. The quantitative estimate of drug-likeness (QED) is 0.492. The Morgan fingerprint density at radius 2 is 1.85 bits per heavy atom. The van der Waals surface area contributed by atoms with E-state index in [2.05, 4.69) is 73.2 Å². The van der Waals surface area contributed by atoms with E-state index in [4.69, 9.17) is 4.74 Å². The van der Waals surface area contributed by atoms with Crippen LogP contribution in [0.3, 0.4) is 0 Å². The van der Waals surface area contributed by atoms with Gasteiger partial charge in [-0.2, -0.15) is 5.10 Å². The predicted octanol–water partition coefficient (Wildman–Crippen LogP) is 5.40. The third-order valence-corrected chi connectivity index (χ3v) is 4.61. The molecule has 0 aliphatic carbocycles. The number of carbonyl (C=O) groups is 1. The maximum atomic E-state index is 12.0. The summed E-state index contributed by atoms with van der Waals surface area (Å²) in [6, 6.07) is 13.9. The van der Waals surface area contributed by atoms with E-state index >= 15 is 0 Å². The zero-order chi connectivity index (χ0) is 20.0. The highest BCUT2D eigenvalue weighted by Gasteiger charge is 2.19. The van der Waals surface area contributed by atoms with Crippen molar-refractivity contribution in [3.8, 4) is 5.75 Å². The van der Waals surface area contributed by atoms with Crippen molar-refractivity contribution in [3.05, 3.63) is 63.6 Å². The van der Waals surface area contributed by atoms with E-state index in [0.29, 0.717) is 11.7 Å². The SMILES string of the molecule is CC(C)c1ccc(/C=N/NC(=O)COc2ccc(Br)cc2C(C)(C)C)cc1. The maximum Gasteiger partial charge on any atom is 0.277 e. The standard InChI is InChI=1S/C22H27BrN2O2/c1-15(2)17-8-6-16(7-9-17)13-24-25-21(26)14-27-20-11-10-18(23)12-19(20)22(3,4)5/h6-13,15H,14H2,1-5H3,(H,25,26)/b24-13+. The van der Waals surface area contributed by atoms with E-state index in [9.17, 15) is 4.79 Å². The van der Waals surface area contributed by atoms with Crippen molar-refractivity contribution in [2.24, 2.45) is 5.10 Å². The average molecular weight is 431 g/mol. The van der Waals surface area contributed by atoms with Gasteiger partial charge in [-0.05, 0) is 40.7 Å². The van der Waals surface area contributed by atoms with Crippen LogP contribution in [0.25, 0.3) is 0 Å². The number of hydrogen-bond acceptors (Lipinski definition) is 3. The minimum absolute atomic E-state index is 0.0874. The van der Waals surface area contributed by atoms with Crippen LogP contribution in [-0.4, -0.2) is 18.7 Å². The number of hydrogen-bond donors (Lipinski definition) is 1. The Morgan fingerprint density at radius 3 is 2.44 bits per heavy atom. The molecule has 1 N–H and O–H groups in total. The van der Waals surface area contributed by atoms with Crippen LogP contribution < -0.4 is 10.2 Å². The normalized spacial score (nSPS) is 11.8. The molecule has 0 radical (unpaired) electrons. The Labute approximate surface area is 170 Å². The number of nitrogens with zero attached hydrogens (tertiary/aromatic N) is 1. The highest BCUT2D eigenvalue weighted by molar-refractivity contribution is 9.10. The lowest BCUT2D eigenvalue weighted by atomic mass is 9.86. The zero-order valence-corrected chi connectivity index (χ0v) is 18.1. The lowest BCUT2D eigenvalue weighted by Crippen LogP contribution is -2.25. The molecule has 0 fully saturated rings. The van der Waals surface area contributed by atoms with Crippen molar-refractivity contribution in [1.29, 1.82) is 0 Å². The molecule has 0 aromatic heterocycles. The maximum absolute atomic E-state index is 12.0. The fraction of sp³-hybridized carbons (Fsp3) is 0.364. The second kappa shape index (κ2) is 9.18. The van der Waals surface area contributed by atoms with Gasteiger partial charge in [0, 0.05) is 10.0 Å². The Hall–Kier alpha value is -2.14. The molecule has 0 bridgehead atoms. The Morgan fingerprint density at radius 1 is 1.19 bits per heavy atom. The summed E-state index contributed by atoms with van der Waals surface area (Å²) in [5, 5.41) is 4.00. The molecule has 2 rings (SSSR count). The summed E-state index contributed by atoms with van der Waals surface area (Å²) in [4.78, 5) is 12.0. The molecule has 2 aromatic carbocycles. The number of nitrogens with one attached hydrogen (secondary N) is 1. The summed E-state index contributed by atoms with van der Waals surface area (Å²) in [6.07, 6.45) is 1.63. The van der Waals surface area contributed by atoms with Gasteiger partial charge in [0.2, 0.25) is 0 Å². The van der Waals surface area contributed by atoms with Gasteiger partial charge in [0.05, 0.1) is 6.21 Å². The van der Waals surface area contributed by atoms with Crippen LogP contribution in [0.2, 0.25) is 0 Å². The van der Waals surface area contributed by atoms with Crippen molar-refractivity contribution in [2.45, 2.75) is 46.0 Å². The van der Waals surface area contributed by atoms with Gasteiger partial charge in [0.25, 0.3) is 5.91 Å². The molecule has 144 valence electrons. The summed E-state index contributed by atoms with van der Waals surface area (Å²) in [7, 11) is 0. The summed E-state index contributed by atoms with van der Waals surface area (Å²) < 4.78 is 6.70. The Bertz CT molecular complexity index is 806. The number of amides is 1. The zero-order valence-electron chi connectivity index (χ0n) is 16.5. The molecule has 0 spiro atoms. The summed E-state index contributed by atoms with van der Waals surface area (Å²) >= 11 is 3.48. The van der Waals surface area contributed by atoms with Crippen molar-refractivity contribution < 1.29 is 9.53 Å². The van der Waals surface area contributed by atoms with Crippen LogP contribution >= 0.6 is 15.9 Å². The van der Waals surface area contributed by atoms with E-state index in [-0.39, 0.29) is 17.9 Å². The summed E-state index contributed by atoms with van der Waals surface area (Å²) in [6.45, 7) is 10.5. The fourth-order valence-corrected chi connectivity index (χ4v) is 2.90. The largest absolute Gasteiger partial charge is 0.483 e. The van der Waals surface area contributed by atoms with Crippen molar-refractivity contribution in [2.75, 3.05) is 6.61 Å². The number of rotatable bonds is 6. The second-order valence-electron chi connectivity index (χ2n) is 7.79. The third kappa shape index (κ3) is 6.51. The smallest absolute Gasteiger partial charge is 0.277 e. The number of hydrazone groups is 1. The highest BCUT2D eigenvalue weighted by atomic mass is 79.9. The van der Waals surface area contributed by atoms with E-state index in [1.165, 1.54) is 5.56 Å². The van der Waals surface area contributed by atoms with Crippen LogP contribution in [0, 0.1) is 0 Å². The predicted molar refractivity (Wildman–Crippen MR) is 115 cm³/mol. The molecule has 0 aliphatic rings. The molecule has 27 heavy (non-hydrogen) atoms. The molecule has 0 saturated heterocycles. The molecule has 0 unspecified atom stereocenters. The van der Waals surface area contributed by atoms with Crippen LogP contribution in [0.4, 0.5) is 0 Å².